The SMILES string of the molecule is CCOC(=O)c1c(NC(=S)NCCCn2nc(C(F)(F)F)cc2C2CC2)sc2c1CCCCCC2. The Hall–Kier alpha value is -2.14. The molecule has 4 rings (SSSR count). The quantitative estimate of drug-likeness (QED) is 0.247. The standard InChI is InChI=1S/C24H31F3N4O2S2/c1-2-33-22(32)20-16-8-5-3-4-6-9-18(16)35-21(20)29-23(34)28-12-7-13-31-17(15-10-11-15)14-19(30-31)24(25,26)27/h14-15H,2-13H2,1H3,(H2,28,29,34). The van der Waals surface area contributed by atoms with Gasteiger partial charge in [0.15, 0.2) is 10.8 Å². The number of hydrogen-bond donors (Lipinski definition) is 2. The molecule has 0 atom stereocenters. The molecule has 1 saturated carbocycles. The molecule has 1 fully saturated rings. The number of thiocarbonyl (C=S) groups is 1. The van der Waals surface area contributed by atoms with Crippen LogP contribution < -0.4 is 10.6 Å². The van der Waals surface area contributed by atoms with E-state index in [-0.39, 0.29) is 11.9 Å². The average molecular weight is 529 g/mol. The highest BCUT2D eigenvalue weighted by atomic mass is 32.1. The van der Waals surface area contributed by atoms with Crippen LogP contribution in [0.4, 0.5) is 18.2 Å². The Morgan fingerprint density at radius 1 is 1.26 bits per heavy atom. The van der Waals surface area contributed by atoms with Gasteiger partial charge >= 0.3 is 12.1 Å². The molecule has 2 aromatic rings. The fourth-order valence-electron chi connectivity index (χ4n) is 4.46. The number of anilines is 1. The number of hydrogen-bond acceptors (Lipinski definition) is 5. The second kappa shape index (κ2) is 11.3. The second-order valence-corrected chi connectivity index (χ2v) is 10.5. The number of alkyl halides is 3. The lowest BCUT2D eigenvalue weighted by Gasteiger charge is -2.13. The zero-order valence-electron chi connectivity index (χ0n) is 19.8. The molecule has 35 heavy (non-hydrogen) atoms. The molecule has 2 aliphatic carbocycles. The van der Waals surface area contributed by atoms with Crippen molar-refractivity contribution in [3.05, 3.63) is 33.5 Å². The van der Waals surface area contributed by atoms with Gasteiger partial charge in [-0.25, -0.2) is 4.79 Å². The number of carbonyl (C=O) groups excluding carboxylic acids is 1. The van der Waals surface area contributed by atoms with Crippen molar-refractivity contribution < 1.29 is 22.7 Å². The Morgan fingerprint density at radius 3 is 2.69 bits per heavy atom. The van der Waals surface area contributed by atoms with Crippen molar-refractivity contribution in [1.82, 2.24) is 15.1 Å². The van der Waals surface area contributed by atoms with Crippen LogP contribution in [0.5, 0.6) is 0 Å². The molecule has 11 heteroatoms. The number of aryl methyl sites for hydroxylation is 2. The van der Waals surface area contributed by atoms with Crippen LogP contribution in [0.3, 0.4) is 0 Å². The van der Waals surface area contributed by atoms with E-state index >= 15 is 0 Å². The Kier molecular flexibility index (Phi) is 8.36. The highest BCUT2D eigenvalue weighted by molar-refractivity contribution is 7.80. The molecule has 2 heterocycles. The summed E-state index contributed by atoms with van der Waals surface area (Å²) in [6.45, 7) is 2.94. The molecule has 0 amide bonds. The summed E-state index contributed by atoms with van der Waals surface area (Å²) < 4.78 is 46.1. The Bertz CT molecular complexity index is 1060. The lowest BCUT2D eigenvalue weighted by atomic mass is 9.96. The van der Waals surface area contributed by atoms with E-state index in [1.807, 2.05) is 0 Å². The van der Waals surface area contributed by atoms with Crippen LogP contribution in [-0.4, -0.2) is 34.0 Å². The van der Waals surface area contributed by atoms with Crippen LogP contribution in [0.15, 0.2) is 6.07 Å². The van der Waals surface area contributed by atoms with E-state index in [2.05, 4.69) is 15.7 Å². The van der Waals surface area contributed by atoms with Crippen molar-refractivity contribution in [2.24, 2.45) is 0 Å². The van der Waals surface area contributed by atoms with Gasteiger partial charge in [-0.2, -0.15) is 18.3 Å². The van der Waals surface area contributed by atoms with E-state index in [1.165, 1.54) is 22.0 Å². The summed E-state index contributed by atoms with van der Waals surface area (Å²) in [5, 5.41) is 11.2. The van der Waals surface area contributed by atoms with E-state index in [0.717, 1.165) is 50.5 Å². The first kappa shape index (κ1) is 25.9. The molecule has 2 aromatic heterocycles. The molecule has 0 saturated heterocycles. The van der Waals surface area contributed by atoms with Gasteiger partial charge in [0.25, 0.3) is 0 Å². The zero-order chi connectivity index (χ0) is 25.0. The molecule has 6 nitrogen and oxygen atoms in total. The Labute approximate surface area is 212 Å². The fourth-order valence-corrected chi connectivity index (χ4v) is 6.01. The lowest BCUT2D eigenvalue weighted by Crippen LogP contribution is -2.30. The number of carbonyl (C=O) groups is 1. The van der Waals surface area contributed by atoms with Crippen molar-refractivity contribution >= 4 is 39.6 Å². The highest BCUT2D eigenvalue weighted by Gasteiger charge is 2.37. The first-order chi connectivity index (χ1) is 16.8. The molecule has 2 aliphatic rings. The van der Waals surface area contributed by atoms with Crippen molar-refractivity contribution in [2.45, 2.75) is 83.4 Å². The van der Waals surface area contributed by atoms with Crippen molar-refractivity contribution in [3.63, 3.8) is 0 Å². The first-order valence-corrected chi connectivity index (χ1v) is 13.5. The number of aromatic nitrogens is 2. The maximum atomic E-state index is 13.1. The van der Waals surface area contributed by atoms with Crippen LogP contribution in [-0.2, 0) is 30.3 Å². The van der Waals surface area contributed by atoms with E-state index < -0.39 is 11.9 Å². The van der Waals surface area contributed by atoms with Gasteiger partial charge in [-0.05, 0) is 75.7 Å². The zero-order valence-corrected chi connectivity index (χ0v) is 21.4. The molecule has 0 spiro atoms. The number of nitrogens with one attached hydrogen (secondary N) is 2. The summed E-state index contributed by atoms with van der Waals surface area (Å²) in [4.78, 5) is 14.0. The predicted octanol–water partition coefficient (Wildman–Crippen LogP) is 6.05. The van der Waals surface area contributed by atoms with Crippen LogP contribution in [0.25, 0.3) is 0 Å². The first-order valence-electron chi connectivity index (χ1n) is 12.3. The molecule has 0 unspecified atom stereocenters. The molecule has 0 aromatic carbocycles. The molecule has 192 valence electrons. The third kappa shape index (κ3) is 6.55. The monoisotopic (exact) mass is 528 g/mol. The van der Waals surface area contributed by atoms with Gasteiger partial charge in [-0.1, -0.05) is 12.8 Å². The summed E-state index contributed by atoms with van der Waals surface area (Å²) in [7, 11) is 0. The minimum absolute atomic E-state index is 0.175. The van der Waals surface area contributed by atoms with Crippen molar-refractivity contribution in [3.8, 4) is 0 Å². The number of nitrogens with zero attached hydrogens (tertiary/aromatic N) is 2. The van der Waals surface area contributed by atoms with Crippen molar-refractivity contribution in [1.29, 1.82) is 0 Å². The number of ether oxygens (including phenoxy) is 1. The lowest BCUT2D eigenvalue weighted by molar-refractivity contribution is -0.141. The van der Waals surface area contributed by atoms with Crippen LogP contribution in [0.1, 0.15) is 90.0 Å². The number of fused-ring (bicyclic) bond motifs is 1. The van der Waals surface area contributed by atoms with Crippen molar-refractivity contribution in [2.75, 3.05) is 18.5 Å². The molecule has 0 radical (unpaired) electrons. The van der Waals surface area contributed by atoms with Gasteiger partial charge in [0, 0.05) is 29.6 Å². The minimum Gasteiger partial charge on any atom is -0.462 e. The van der Waals surface area contributed by atoms with Crippen LogP contribution >= 0.6 is 23.6 Å². The predicted molar refractivity (Wildman–Crippen MR) is 134 cm³/mol. The maximum absolute atomic E-state index is 13.1. The fraction of sp³-hybridized carbons (Fsp3) is 0.625. The normalized spacial score (nSPS) is 16.2. The molecular formula is C24H31F3N4O2S2. The van der Waals surface area contributed by atoms with E-state index in [9.17, 15) is 18.0 Å². The van der Waals surface area contributed by atoms with Gasteiger partial charge in [0.2, 0.25) is 0 Å². The summed E-state index contributed by atoms with van der Waals surface area (Å²) in [5.41, 5.74) is 1.49. The van der Waals surface area contributed by atoms with Crippen LogP contribution in [0.2, 0.25) is 0 Å². The largest absolute Gasteiger partial charge is 0.462 e. The number of thiophene rings is 1. The van der Waals surface area contributed by atoms with E-state index in [0.29, 0.717) is 47.5 Å². The van der Waals surface area contributed by atoms with Gasteiger partial charge in [-0.15, -0.1) is 11.3 Å². The van der Waals surface area contributed by atoms with Crippen LogP contribution in [0, 0.1) is 0 Å². The molecular weight excluding hydrogens is 497 g/mol. The highest BCUT2D eigenvalue weighted by Crippen LogP contribution is 2.42. The Morgan fingerprint density at radius 2 is 2.00 bits per heavy atom. The summed E-state index contributed by atoms with van der Waals surface area (Å²) in [6.07, 6.45) is 4.23. The van der Waals surface area contributed by atoms with Gasteiger partial charge in [0.05, 0.1) is 12.2 Å². The van der Waals surface area contributed by atoms with Gasteiger partial charge in [-0.3, -0.25) is 4.68 Å². The molecule has 2 N–H and O–H groups in total. The summed E-state index contributed by atoms with van der Waals surface area (Å²) in [5.74, 6) is -0.156. The number of halogens is 3. The third-order valence-corrected chi connectivity index (χ3v) is 7.76. The third-order valence-electron chi connectivity index (χ3n) is 6.31. The molecule has 0 bridgehead atoms. The smallest absolute Gasteiger partial charge is 0.435 e. The summed E-state index contributed by atoms with van der Waals surface area (Å²) >= 11 is 7.02. The number of esters is 1. The topological polar surface area (TPSA) is 68.2 Å². The Balaban J connectivity index is 1.36. The van der Waals surface area contributed by atoms with Gasteiger partial charge < -0.3 is 15.4 Å². The summed E-state index contributed by atoms with van der Waals surface area (Å²) in [6, 6.07) is 1.18. The second-order valence-electron chi connectivity index (χ2n) is 9.03. The maximum Gasteiger partial charge on any atom is 0.435 e. The number of rotatable bonds is 8. The van der Waals surface area contributed by atoms with Gasteiger partial charge in [0.1, 0.15) is 5.00 Å². The van der Waals surface area contributed by atoms with E-state index in [1.54, 1.807) is 18.3 Å². The molecule has 0 aliphatic heterocycles. The average Bonchev–Trinajstić information content (AvgIpc) is 3.44. The van der Waals surface area contributed by atoms with E-state index in [4.69, 9.17) is 17.0 Å². The minimum atomic E-state index is -4.44.